The molecule has 87 valence electrons. The number of carbonyl (C=O) groups excluding carboxylic acids is 2. The molecule has 0 amide bonds. The van der Waals surface area contributed by atoms with Gasteiger partial charge in [0.2, 0.25) is 0 Å². The van der Waals surface area contributed by atoms with E-state index in [1.165, 1.54) is 5.92 Å². The van der Waals surface area contributed by atoms with E-state index in [9.17, 15) is 9.59 Å². The van der Waals surface area contributed by atoms with Crippen LogP contribution in [0.15, 0.2) is 0 Å². The average molecular weight is 287 g/mol. The summed E-state index contributed by atoms with van der Waals surface area (Å²) < 4.78 is 0. The Bertz CT molecular complexity index is 166. The zero-order valence-corrected chi connectivity index (χ0v) is 13.6. The summed E-state index contributed by atoms with van der Waals surface area (Å²) in [6.07, 6.45) is 2.26. The summed E-state index contributed by atoms with van der Waals surface area (Å²) in [6, 6.07) is 0. The molecule has 0 spiro atoms. The molecule has 0 saturated heterocycles. The molecule has 0 unspecified atom stereocenters. The van der Waals surface area contributed by atoms with Gasteiger partial charge in [0.05, 0.1) is 0 Å². The Balaban J connectivity index is -0.000000249. The van der Waals surface area contributed by atoms with Gasteiger partial charge >= 0.3 is 0 Å². The Hall–Kier alpha value is 0.444. The van der Waals surface area contributed by atoms with Gasteiger partial charge in [0.25, 0.3) is 0 Å². The fourth-order valence-electron chi connectivity index (χ4n) is 0.540. The fraction of sp³-hybridized carbons (Fsp3) is 0.750. The molecule has 0 aliphatic heterocycles. The van der Waals surface area contributed by atoms with Crippen molar-refractivity contribution in [2.45, 2.75) is 54.4 Å². The second-order valence-corrected chi connectivity index (χ2v) is 4.82. The third-order valence-corrected chi connectivity index (χ3v) is 1.29. The molecule has 1 radical (unpaired) electrons. The first kappa shape index (κ1) is 20.8. The SMILES string of the molecule is CC(C)(C)C(=O)CC[C-]=O.C[C-](C)C.[Y]. The van der Waals surface area contributed by atoms with Gasteiger partial charge in [0.1, 0.15) is 5.78 Å². The van der Waals surface area contributed by atoms with Crippen molar-refractivity contribution in [3.05, 3.63) is 5.92 Å². The number of Topliss-reactive ketones (excluding diaryl/α,β-unsaturated/α-hetero) is 1. The minimum Gasteiger partial charge on any atom is -0.542 e. The smallest absolute Gasteiger partial charge is 0.135 e. The molecule has 0 aliphatic carbocycles. The Morgan fingerprint density at radius 1 is 1.20 bits per heavy atom. The number of ketones is 1. The molecule has 15 heavy (non-hydrogen) atoms. The van der Waals surface area contributed by atoms with E-state index in [0.29, 0.717) is 6.42 Å². The van der Waals surface area contributed by atoms with Crippen LogP contribution in [0.25, 0.3) is 0 Å². The van der Waals surface area contributed by atoms with Gasteiger partial charge in [-0.15, -0.1) is 6.42 Å². The van der Waals surface area contributed by atoms with Gasteiger partial charge in [0.15, 0.2) is 0 Å². The van der Waals surface area contributed by atoms with E-state index in [4.69, 9.17) is 0 Å². The van der Waals surface area contributed by atoms with Gasteiger partial charge in [-0.1, -0.05) is 20.8 Å². The maximum Gasteiger partial charge on any atom is 0.135 e. The second-order valence-electron chi connectivity index (χ2n) is 4.82. The van der Waals surface area contributed by atoms with Gasteiger partial charge in [-0.25, -0.2) is 0 Å². The molecular weight excluding hydrogens is 265 g/mol. The number of carbonyl (C=O) groups is 1. The van der Waals surface area contributed by atoms with Crippen molar-refractivity contribution < 1.29 is 42.3 Å². The third kappa shape index (κ3) is 20.5. The predicted octanol–water partition coefficient (Wildman–Crippen LogP) is 3.11. The Morgan fingerprint density at radius 3 is 1.73 bits per heavy atom. The van der Waals surface area contributed by atoms with E-state index in [-0.39, 0.29) is 50.3 Å². The largest absolute Gasteiger partial charge is 0.542 e. The maximum atomic E-state index is 11.0. The summed E-state index contributed by atoms with van der Waals surface area (Å²) in [5.74, 6) is 1.54. The van der Waals surface area contributed by atoms with Crippen LogP contribution < -0.4 is 0 Å². The molecule has 2 nitrogen and oxygen atoms in total. The number of hydrogen-bond donors (Lipinski definition) is 0. The monoisotopic (exact) mass is 287 g/mol. The van der Waals surface area contributed by atoms with Crippen LogP contribution in [0.1, 0.15) is 54.4 Å². The maximum absolute atomic E-state index is 11.0. The molecule has 0 fully saturated rings. The fourth-order valence-corrected chi connectivity index (χ4v) is 0.540. The van der Waals surface area contributed by atoms with E-state index in [0.717, 1.165) is 0 Å². The van der Waals surface area contributed by atoms with Crippen molar-refractivity contribution in [1.82, 2.24) is 0 Å². The first-order valence-electron chi connectivity index (χ1n) is 4.87. The minimum atomic E-state index is -0.309. The van der Waals surface area contributed by atoms with Crippen molar-refractivity contribution in [3.8, 4) is 0 Å². The van der Waals surface area contributed by atoms with E-state index >= 15 is 0 Å². The average Bonchev–Trinajstić information content (AvgIpc) is 1.97. The quantitative estimate of drug-likeness (QED) is 0.747. The van der Waals surface area contributed by atoms with E-state index < -0.39 is 0 Å². The van der Waals surface area contributed by atoms with Crippen LogP contribution in [-0.2, 0) is 42.3 Å². The molecule has 0 bridgehead atoms. The van der Waals surface area contributed by atoms with Crippen LogP contribution in [0, 0.1) is 11.3 Å². The molecule has 0 saturated carbocycles. The molecule has 0 aromatic carbocycles. The Kier molecular flexibility index (Phi) is 15.2. The van der Waals surface area contributed by atoms with Crippen LogP contribution in [0.3, 0.4) is 0 Å². The Labute approximate surface area is 119 Å². The van der Waals surface area contributed by atoms with E-state index in [1.807, 2.05) is 20.8 Å². The molecule has 0 atom stereocenters. The van der Waals surface area contributed by atoms with Crippen LogP contribution >= 0.6 is 0 Å². The summed E-state index contributed by atoms with van der Waals surface area (Å²) in [4.78, 5) is 20.8. The Morgan fingerprint density at radius 2 is 1.53 bits per heavy atom. The summed E-state index contributed by atoms with van der Waals surface area (Å²) in [7, 11) is 0. The number of rotatable bonds is 3. The first-order chi connectivity index (χ1) is 6.21. The minimum absolute atomic E-state index is 0. The number of hydrogen-bond acceptors (Lipinski definition) is 2. The van der Waals surface area contributed by atoms with Gasteiger partial charge in [-0.05, 0) is 6.42 Å². The summed E-state index contributed by atoms with van der Waals surface area (Å²) in [5, 5.41) is 0. The summed E-state index contributed by atoms with van der Waals surface area (Å²) >= 11 is 0. The first-order valence-corrected chi connectivity index (χ1v) is 4.87. The third-order valence-electron chi connectivity index (χ3n) is 1.29. The standard InChI is InChI=1S/C8H13O2.C4H9.Y/c1-8(2,3)7(10)5-4-6-9;1-4(2)3;/h4-5H2,1-3H3;1-3H3;/q2*-1;. The molecule has 0 aromatic rings. The van der Waals surface area contributed by atoms with Gasteiger partial charge in [0, 0.05) is 38.1 Å². The molecule has 0 aromatic heterocycles. The molecule has 0 heterocycles. The topological polar surface area (TPSA) is 34.1 Å². The molecule has 3 heteroatoms. The van der Waals surface area contributed by atoms with Crippen LogP contribution in [0.4, 0.5) is 0 Å². The predicted molar refractivity (Wildman–Crippen MR) is 59.7 cm³/mol. The van der Waals surface area contributed by atoms with Crippen molar-refractivity contribution >= 4 is 12.1 Å². The zero-order chi connectivity index (χ0) is 11.8. The zero-order valence-electron chi connectivity index (χ0n) is 10.8. The normalized spacial score (nSPS) is 9.80. The molecule has 0 rings (SSSR count). The van der Waals surface area contributed by atoms with Crippen molar-refractivity contribution in [3.63, 3.8) is 0 Å². The van der Waals surface area contributed by atoms with E-state index in [2.05, 4.69) is 20.8 Å². The van der Waals surface area contributed by atoms with Crippen LogP contribution in [-0.4, -0.2) is 12.1 Å². The van der Waals surface area contributed by atoms with E-state index in [1.54, 1.807) is 6.29 Å². The molecule has 0 N–H and O–H groups in total. The van der Waals surface area contributed by atoms with Crippen LogP contribution in [0.2, 0.25) is 0 Å². The summed E-state index contributed by atoms with van der Waals surface area (Å²) in [5.41, 5.74) is -0.309. The summed E-state index contributed by atoms with van der Waals surface area (Å²) in [6.45, 7) is 11.8. The van der Waals surface area contributed by atoms with Crippen molar-refractivity contribution in [1.29, 1.82) is 0 Å². The second kappa shape index (κ2) is 10.9. The van der Waals surface area contributed by atoms with Gasteiger partial charge in [-0.3, -0.25) is 11.1 Å². The van der Waals surface area contributed by atoms with Crippen LogP contribution in [0.5, 0.6) is 0 Å². The van der Waals surface area contributed by atoms with Gasteiger partial charge < -0.3 is 10.7 Å². The van der Waals surface area contributed by atoms with Crippen molar-refractivity contribution in [2.75, 3.05) is 0 Å². The molecule has 0 aliphatic rings. The van der Waals surface area contributed by atoms with Crippen molar-refractivity contribution in [2.24, 2.45) is 5.41 Å². The van der Waals surface area contributed by atoms with Gasteiger partial charge in [-0.2, -0.15) is 20.8 Å². The molecular formula is C12H22O2Y-2.